The van der Waals surface area contributed by atoms with E-state index in [1.54, 1.807) is 0 Å². The number of carbonyl (C=O) groups is 2. The summed E-state index contributed by atoms with van der Waals surface area (Å²) in [7, 11) is 0. The number of hydrogen-bond donors (Lipinski definition) is 1. The molecule has 124 valence electrons. The zero-order chi connectivity index (χ0) is 17.3. The van der Waals surface area contributed by atoms with Crippen LogP contribution in [0.15, 0.2) is 42.5 Å². The minimum absolute atomic E-state index is 0.153. The predicted octanol–water partition coefficient (Wildman–Crippen LogP) is 3.61. The zero-order valence-electron chi connectivity index (χ0n) is 14.3. The third-order valence-electron chi connectivity index (χ3n) is 4.48. The number of rotatable bonds is 4. The summed E-state index contributed by atoms with van der Waals surface area (Å²) in [5, 5.41) is 3.26. The molecule has 0 spiro atoms. The van der Waals surface area contributed by atoms with Crippen molar-refractivity contribution < 1.29 is 9.59 Å². The molecule has 4 heteroatoms. The van der Waals surface area contributed by atoms with Gasteiger partial charge < -0.3 is 5.32 Å². The monoisotopic (exact) mass is 322 g/mol. The molecule has 1 heterocycles. The average Bonchev–Trinajstić information content (AvgIpc) is 2.84. The molecule has 1 unspecified atom stereocenters. The molecule has 0 bridgehead atoms. The predicted molar refractivity (Wildman–Crippen MR) is 96.3 cm³/mol. The third-order valence-corrected chi connectivity index (χ3v) is 4.48. The van der Waals surface area contributed by atoms with Crippen LogP contribution in [0, 0.1) is 13.8 Å². The number of nitrogens with one attached hydrogen (secondary N) is 1. The van der Waals surface area contributed by atoms with Crippen molar-refractivity contribution in [3.05, 3.63) is 59.2 Å². The van der Waals surface area contributed by atoms with Crippen LogP contribution in [0.4, 0.5) is 11.4 Å². The quantitative estimate of drug-likeness (QED) is 0.875. The maximum Gasteiger partial charge on any atom is 0.256 e. The van der Waals surface area contributed by atoms with Gasteiger partial charge in [0.1, 0.15) is 6.04 Å². The van der Waals surface area contributed by atoms with E-state index in [2.05, 4.69) is 12.2 Å². The molecule has 2 aromatic rings. The molecule has 1 aliphatic rings. The number of para-hydroxylation sites is 1. The third kappa shape index (κ3) is 2.92. The van der Waals surface area contributed by atoms with Crippen molar-refractivity contribution in [2.45, 2.75) is 39.7 Å². The van der Waals surface area contributed by atoms with Crippen molar-refractivity contribution >= 4 is 23.2 Å². The number of imide groups is 1. The summed E-state index contributed by atoms with van der Waals surface area (Å²) < 4.78 is 0. The van der Waals surface area contributed by atoms with E-state index < -0.39 is 6.04 Å². The second-order valence-corrected chi connectivity index (χ2v) is 6.27. The van der Waals surface area contributed by atoms with Crippen LogP contribution in [-0.2, 0) is 16.0 Å². The summed E-state index contributed by atoms with van der Waals surface area (Å²) in [4.78, 5) is 26.6. The van der Waals surface area contributed by atoms with E-state index in [0.29, 0.717) is 5.69 Å². The van der Waals surface area contributed by atoms with Crippen LogP contribution in [0.5, 0.6) is 0 Å². The normalized spacial score (nSPS) is 17.5. The molecular weight excluding hydrogens is 300 g/mol. The summed E-state index contributed by atoms with van der Waals surface area (Å²) in [5.41, 5.74) is 4.72. The summed E-state index contributed by atoms with van der Waals surface area (Å²) in [6.45, 7) is 5.95. The largest absolute Gasteiger partial charge is 0.373 e. The molecule has 0 saturated carbocycles. The molecule has 1 N–H and O–H groups in total. The van der Waals surface area contributed by atoms with E-state index in [1.807, 2.05) is 56.3 Å². The van der Waals surface area contributed by atoms with Crippen LogP contribution in [-0.4, -0.2) is 17.9 Å². The van der Waals surface area contributed by atoms with Gasteiger partial charge >= 0.3 is 0 Å². The van der Waals surface area contributed by atoms with Crippen LogP contribution in [0.25, 0.3) is 0 Å². The Hall–Kier alpha value is -2.62. The molecule has 1 saturated heterocycles. The van der Waals surface area contributed by atoms with E-state index in [0.717, 1.165) is 28.8 Å². The SMILES string of the molecule is CCc1ccccc1NC1CC(=O)N(c2cc(C)ccc2C)C1=O. The van der Waals surface area contributed by atoms with Gasteiger partial charge in [-0.15, -0.1) is 0 Å². The number of benzene rings is 2. The Bertz CT molecular complexity index is 798. The van der Waals surface area contributed by atoms with Gasteiger partial charge in [0, 0.05) is 5.69 Å². The van der Waals surface area contributed by atoms with E-state index in [1.165, 1.54) is 4.90 Å². The van der Waals surface area contributed by atoms with Crippen LogP contribution in [0.2, 0.25) is 0 Å². The van der Waals surface area contributed by atoms with Gasteiger partial charge in [0.15, 0.2) is 0 Å². The fourth-order valence-electron chi connectivity index (χ4n) is 3.12. The van der Waals surface area contributed by atoms with E-state index >= 15 is 0 Å². The fourth-order valence-corrected chi connectivity index (χ4v) is 3.12. The standard InChI is InChI=1S/C20H22N2O2/c1-4-15-7-5-6-8-16(15)21-17-12-19(23)22(20(17)24)18-11-13(2)9-10-14(18)3/h5-11,17,21H,4,12H2,1-3H3. The minimum atomic E-state index is -0.509. The molecule has 2 aromatic carbocycles. The molecule has 0 aromatic heterocycles. The molecule has 1 fully saturated rings. The summed E-state index contributed by atoms with van der Waals surface area (Å²) in [6, 6.07) is 13.2. The van der Waals surface area contributed by atoms with Gasteiger partial charge in [-0.1, -0.05) is 37.3 Å². The zero-order valence-corrected chi connectivity index (χ0v) is 14.3. The molecular formula is C20H22N2O2. The van der Waals surface area contributed by atoms with E-state index in [4.69, 9.17) is 0 Å². The lowest BCUT2D eigenvalue weighted by Crippen LogP contribution is -2.35. The lowest BCUT2D eigenvalue weighted by Gasteiger charge is -2.19. The van der Waals surface area contributed by atoms with Gasteiger partial charge in [-0.2, -0.15) is 0 Å². The molecule has 0 radical (unpaired) electrons. The van der Waals surface area contributed by atoms with Crippen molar-refractivity contribution in [2.24, 2.45) is 0 Å². The fraction of sp³-hybridized carbons (Fsp3) is 0.300. The Kier molecular flexibility index (Phi) is 4.38. The highest BCUT2D eigenvalue weighted by atomic mass is 16.2. The topological polar surface area (TPSA) is 49.4 Å². The highest BCUT2D eigenvalue weighted by Crippen LogP contribution is 2.29. The maximum atomic E-state index is 12.8. The van der Waals surface area contributed by atoms with Gasteiger partial charge in [-0.25, -0.2) is 4.90 Å². The molecule has 1 atom stereocenters. The van der Waals surface area contributed by atoms with Gasteiger partial charge in [-0.3, -0.25) is 9.59 Å². The second kappa shape index (κ2) is 6.48. The van der Waals surface area contributed by atoms with Crippen LogP contribution in [0.3, 0.4) is 0 Å². The summed E-state index contributed by atoms with van der Waals surface area (Å²) in [5.74, 6) is -0.334. The van der Waals surface area contributed by atoms with E-state index in [9.17, 15) is 9.59 Å². The first kappa shape index (κ1) is 16.2. The molecule has 1 aliphatic heterocycles. The van der Waals surface area contributed by atoms with Crippen molar-refractivity contribution in [2.75, 3.05) is 10.2 Å². The van der Waals surface area contributed by atoms with Crippen molar-refractivity contribution in [3.63, 3.8) is 0 Å². The summed E-state index contributed by atoms with van der Waals surface area (Å²) >= 11 is 0. The molecule has 24 heavy (non-hydrogen) atoms. The number of aryl methyl sites for hydroxylation is 3. The number of anilines is 2. The van der Waals surface area contributed by atoms with Crippen LogP contribution in [0.1, 0.15) is 30.0 Å². The molecule has 0 aliphatic carbocycles. The smallest absolute Gasteiger partial charge is 0.256 e. The Morgan fingerprint density at radius 2 is 1.88 bits per heavy atom. The Morgan fingerprint density at radius 1 is 1.12 bits per heavy atom. The summed E-state index contributed by atoms with van der Waals surface area (Å²) in [6.07, 6.45) is 1.06. The minimum Gasteiger partial charge on any atom is -0.373 e. The van der Waals surface area contributed by atoms with Gasteiger partial charge in [0.05, 0.1) is 12.1 Å². The van der Waals surface area contributed by atoms with Crippen molar-refractivity contribution in [3.8, 4) is 0 Å². The lowest BCUT2D eigenvalue weighted by molar-refractivity contribution is -0.121. The van der Waals surface area contributed by atoms with Gasteiger partial charge in [0.2, 0.25) is 5.91 Å². The molecule has 4 nitrogen and oxygen atoms in total. The van der Waals surface area contributed by atoms with Gasteiger partial charge in [-0.05, 0) is 49.1 Å². The highest BCUT2D eigenvalue weighted by molar-refractivity contribution is 6.23. The Balaban J connectivity index is 1.88. The Labute approximate surface area is 142 Å². The Morgan fingerprint density at radius 3 is 2.62 bits per heavy atom. The van der Waals surface area contributed by atoms with Crippen molar-refractivity contribution in [1.29, 1.82) is 0 Å². The first-order valence-electron chi connectivity index (χ1n) is 8.29. The highest BCUT2D eigenvalue weighted by Gasteiger charge is 2.40. The first-order valence-corrected chi connectivity index (χ1v) is 8.29. The number of nitrogens with zero attached hydrogens (tertiary/aromatic N) is 1. The van der Waals surface area contributed by atoms with Crippen LogP contribution >= 0.6 is 0 Å². The average molecular weight is 322 g/mol. The maximum absolute atomic E-state index is 12.8. The van der Waals surface area contributed by atoms with Crippen molar-refractivity contribution in [1.82, 2.24) is 0 Å². The number of carbonyl (C=O) groups excluding carboxylic acids is 2. The second-order valence-electron chi connectivity index (χ2n) is 6.27. The van der Waals surface area contributed by atoms with E-state index in [-0.39, 0.29) is 18.2 Å². The lowest BCUT2D eigenvalue weighted by atomic mass is 10.1. The first-order chi connectivity index (χ1) is 11.5. The molecule has 3 rings (SSSR count). The number of amides is 2. The van der Waals surface area contributed by atoms with Gasteiger partial charge in [0.25, 0.3) is 5.91 Å². The molecule has 2 amide bonds. The van der Waals surface area contributed by atoms with Crippen LogP contribution < -0.4 is 10.2 Å². The number of hydrogen-bond acceptors (Lipinski definition) is 3.